The quantitative estimate of drug-likeness (QED) is 0.233. The molecule has 12 nitrogen and oxygen atoms in total. The molecule has 0 unspecified atom stereocenters. The van der Waals surface area contributed by atoms with Crippen LogP contribution in [0.4, 0.5) is 13.2 Å². The Hall–Kier alpha value is -4.21. The Kier molecular flexibility index (Phi) is 11.6. The highest BCUT2D eigenvalue weighted by Gasteiger charge is 2.62. The summed E-state index contributed by atoms with van der Waals surface area (Å²) in [7, 11) is -2.42. The first-order valence-electron chi connectivity index (χ1n) is 19.2. The fourth-order valence-electron chi connectivity index (χ4n) is 8.11. The second-order valence-electron chi connectivity index (χ2n) is 16.6. The zero-order chi connectivity index (χ0) is 40.8. The highest BCUT2D eigenvalue weighted by atomic mass is 32.2. The largest absolute Gasteiger partial charge is 0.494 e. The molecule has 2 saturated carbocycles. The summed E-state index contributed by atoms with van der Waals surface area (Å²) in [6.07, 6.45) is 1.39. The molecule has 2 aliphatic heterocycles. The smallest absolute Gasteiger partial charge is 0.427 e. The molecule has 3 fully saturated rings. The first-order valence-corrected chi connectivity index (χ1v) is 20.7. The molecule has 0 spiro atoms. The number of carbonyl (C=O) groups is 4. The van der Waals surface area contributed by atoms with E-state index >= 15 is 0 Å². The number of hydrogen-bond donors (Lipinski definition) is 1. The van der Waals surface area contributed by atoms with Crippen molar-refractivity contribution in [2.24, 2.45) is 29.1 Å². The predicted molar refractivity (Wildman–Crippen MR) is 199 cm³/mol. The van der Waals surface area contributed by atoms with E-state index < -0.39 is 92.4 Å². The SMILES string of the molecule is COc1cnc(O[C@@H]2C[C@H]3C(=O)C[C@]4(C(=O)NS(=O)(=O)C5CC5)C[C@H]4/C=C\CC[C@@H](C)C[C@@H](C)[C@H](CC(=O)OC(C)(C)C(F)(F)F)C(=O)N3C2)c2ccccc12. The molecular formula is C40H50F3N3O9S. The molecule has 7 atom stereocenters. The molecule has 56 heavy (non-hydrogen) atoms. The lowest BCUT2D eigenvalue weighted by Crippen LogP contribution is -2.48. The van der Waals surface area contributed by atoms with E-state index in [1.807, 2.05) is 31.2 Å². The van der Waals surface area contributed by atoms with Crippen LogP contribution in [0.15, 0.2) is 42.6 Å². The third-order valence-corrected chi connectivity index (χ3v) is 13.6. The number of sulfonamides is 1. The van der Waals surface area contributed by atoms with E-state index in [1.54, 1.807) is 19.1 Å². The summed E-state index contributed by atoms with van der Waals surface area (Å²) in [5.74, 6) is -4.41. The fourth-order valence-corrected chi connectivity index (χ4v) is 9.49. The van der Waals surface area contributed by atoms with Gasteiger partial charge in [0, 0.05) is 23.6 Å². The normalized spacial score (nSPS) is 29.7. The average Bonchev–Trinajstić information content (AvgIpc) is 4.05. The van der Waals surface area contributed by atoms with Crippen LogP contribution in [0.1, 0.15) is 85.5 Å². The van der Waals surface area contributed by atoms with Crippen molar-refractivity contribution >= 4 is 44.4 Å². The third-order valence-electron chi connectivity index (χ3n) is 11.8. The Bertz CT molecular complexity index is 2000. The number of ether oxygens (including phenoxy) is 3. The predicted octanol–water partition coefficient (Wildman–Crippen LogP) is 6.07. The Morgan fingerprint density at radius 1 is 1.05 bits per heavy atom. The van der Waals surface area contributed by atoms with Gasteiger partial charge in [0.1, 0.15) is 11.9 Å². The van der Waals surface area contributed by atoms with E-state index in [2.05, 4.69) is 9.71 Å². The van der Waals surface area contributed by atoms with Gasteiger partial charge in [-0.3, -0.25) is 23.9 Å². The van der Waals surface area contributed by atoms with Gasteiger partial charge in [-0.2, -0.15) is 13.2 Å². The molecule has 16 heteroatoms. The molecular weight excluding hydrogens is 756 g/mol. The Morgan fingerprint density at radius 3 is 2.41 bits per heavy atom. The number of nitrogens with zero attached hydrogens (tertiary/aromatic N) is 2. The number of Topliss-reactive ketones (excluding diaryl/α,β-unsaturated/α-hetero) is 1. The summed E-state index contributed by atoms with van der Waals surface area (Å²) < 4.78 is 86.0. The van der Waals surface area contributed by atoms with Gasteiger partial charge in [-0.25, -0.2) is 13.4 Å². The van der Waals surface area contributed by atoms with E-state index in [-0.39, 0.29) is 37.6 Å². The van der Waals surface area contributed by atoms with E-state index in [9.17, 15) is 40.8 Å². The van der Waals surface area contributed by atoms with E-state index in [0.717, 1.165) is 13.8 Å². The number of halogens is 3. The number of amides is 2. The number of rotatable bonds is 9. The second kappa shape index (κ2) is 15.6. The number of ketones is 1. The number of allylic oxidation sites excluding steroid dienone is 2. The first-order chi connectivity index (χ1) is 26.3. The molecule has 6 rings (SSSR count). The van der Waals surface area contributed by atoms with E-state index in [1.165, 1.54) is 18.2 Å². The number of aromatic nitrogens is 1. The summed E-state index contributed by atoms with van der Waals surface area (Å²) in [6, 6.07) is 6.07. The van der Waals surface area contributed by atoms with E-state index in [0.29, 0.717) is 48.6 Å². The van der Waals surface area contributed by atoms with Crippen LogP contribution in [0.3, 0.4) is 0 Å². The molecule has 0 radical (unpaired) electrons. The monoisotopic (exact) mass is 805 g/mol. The van der Waals surface area contributed by atoms with E-state index in [4.69, 9.17) is 14.2 Å². The number of hydrogen-bond acceptors (Lipinski definition) is 10. The van der Waals surface area contributed by atoms with Crippen molar-refractivity contribution in [3.63, 3.8) is 0 Å². The summed E-state index contributed by atoms with van der Waals surface area (Å²) in [5, 5.41) is 0.667. The van der Waals surface area contributed by atoms with Crippen LogP contribution in [-0.4, -0.2) is 84.7 Å². The minimum Gasteiger partial charge on any atom is -0.494 e. The molecule has 2 aliphatic carbocycles. The number of methoxy groups -OCH3 is 1. The Balaban J connectivity index is 1.35. The van der Waals surface area contributed by atoms with Gasteiger partial charge in [0.2, 0.25) is 33.3 Å². The molecule has 2 amide bonds. The summed E-state index contributed by atoms with van der Waals surface area (Å²) in [4.78, 5) is 62.1. The standard InChI is InChI=1S/C40H50F3N3O9S/c1-23-10-6-7-11-25-19-39(25,37(50)45-56(51,52)27-14-15-27)20-32(47)31-17-26(54-35-29-13-9-8-12-28(29)33(53-5)21-44-35)22-46(31)36(49)30(24(2)16-23)18-34(48)55-38(3,4)40(41,42)43/h7-9,11-13,21,23-27,30-31H,6,10,14-20,22H2,1-5H3,(H,45,50)/b11-7-/t23-,24-,25-,26-,30+,31+,39-/m1/s1. The zero-order valence-electron chi connectivity index (χ0n) is 32.3. The maximum absolute atomic E-state index is 14.8. The van der Waals surface area contributed by atoms with Gasteiger partial charge in [0.15, 0.2) is 5.78 Å². The number of nitrogens with one attached hydrogen (secondary N) is 1. The fraction of sp³-hybridized carbons (Fsp3) is 0.625. The van der Waals surface area contributed by atoms with Crippen LogP contribution >= 0.6 is 0 Å². The molecule has 1 aromatic heterocycles. The van der Waals surface area contributed by atoms with Crippen molar-refractivity contribution in [3.8, 4) is 11.6 Å². The minimum atomic E-state index is -4.86. The number of pyridine rings is 1. The highest BCUT2D eigenvalue weighted by Crippen LogP contribution is 2.57. The van der Waals surface area contributed by atoms with Gasteiger partial charge >= 0.3 is 12.1 Å². The van der Waals surface area contributed by atoms with Crippen LogP contribution in [-0.2, 0) is 33.9 Å². The van der Waals surface area contributed by atoms with Crippen LogP contribution < -0.4 is 14.2 Å². The number of benzene rings is 1. The first kappa shape index (κ1) is 41.4. The van der Waals surface area contributed by atoms with Crippen LogP contribution in [0.2, 0.25) is 0 Å². The maximum atomic E-state index is 14.8. The summed E-state index contributed by atoms with van der Waals surface area (Å²) in [5.41, 5.74) is -4.17. The number of esters is 1. The minimum absolute atomic E-state index is 0.0196. The number of carbonyl (C=O) groups excluding carboxylic acids is 4. The van der Waals surface area contributed by atoms with Crippen molar-refractivity contribution in [3.05, 3.63) is 42.6 Å². The number of fused-ring (bicyclic) bond motifs is 3. The van der Waals surface area contributed by atoms with Crippen LogP contribution in [0.25, 0.3) is 10.8 Å². The maximum Gasteiger partial charge on any atom is 0.427 e. The molecule has 4 aliphatic rings. The van der Waals surface area contributed by atoms with Gasteiger partial charge in [0.05, 0.1) is 48.9 Å². The molecule has 2 aromatic rings. The lowest BCUT2D eigenvalue weighted by atomic mass is 9.82. The van der Waals surface area contributed by atoms with Gasteiger partial charge in [-0.1, -0.05) is 44.2 Å². The molecule has 3 heterocycles. The number of alkyl halides is 3. The van der Waals surface area contributed by atoms with Crippen LogP contribution in [0, 0.1) is 29.1 Å². The third kappa shape index (κ3) is 8.69. The van der Waals surface area contributed by atoms with Crippen molar-refractivity contribution in [1.82, 2.24) is 14.6 Å². The lowest BCUT2D eigenvalue weighted by molar-refractivity contribution is -0.257. The molecule has 1 N–H and O–H groups in total. The topological polar surface area (TPSA) is 158 Å². The van der Waals surface area contributed by atoms with Gasteiger partial charge in [-0.15, -0.1) is 0 Å². The van der Waals surface area contributed by atoms with Crippen molar-refractivity contribution in [2.45, 2.75) is 115 Å². The summed E-state index contributed by atoms with van der Waals surface area (Å²) in [6.45, 7) is 5.09. The zero-order valence-corrected chi connectivity index (χ0v) is 33.1. The van der Waals surface area contributed by atoms with Crippen molar-refractivity contribution in [2.75, 3.05) is 13.7 Å². The molecule has 306 valence electrons. The van der Waals surface area contributed by atoms with Crippen molar-refractivity contribution in [1.29, 1.82) is 0 Å². The van der Waals surface area contributed by atoms with Crippen LogP contribution in [0.5, 0.6) is 11.6 Å². The molecule has 1 saturated heterocycles. The van der Waals surface area contributed by atoms with Gasteiger partial charge < -0.3 is 19.1 Å². The van der Waals surface area contributed by atoms with Gasteiger partial charge in [-0.05, 0) is 76.2 Å². The van der Waals surface area contributed by atoms with Gasteiger partial charge in [0.25, 0.3) is 0 Å². The summed E-state index contributed by atoms with van der Waals surface area (Å²) >= 11 is 0. The Morgan fingerprint density at radius 2 is 1.75 bits per heavy atom. The second-order valence-corrected chi connectivity index (χ2v) is 18.5. The lowest BCUT2D eigenvalue weighted by Gasteiger charge is -2.33. The molecule has 1 aromatic carbocycles. The highest BCUT2D eigenvalue weighted by molar-refractivity contribution is 7.90. The average molecular weight is 806 g/mol. The molecule has 0 bridgehead atoms. The van der Waals surface area contributed by atoms with Crippen molar-refractivity contribution < 1.29 is 55.0 Å². The Labute approximate surface area is 324 Å².